The highest BCUT2D eigenvalue weighted by atomic mass is 32.2. The van der Waals surface area contributed by atoms with Crippen molar-refractivity contribution in [2.75, 3.05) is 7.11 Å². The van der Waals surface area contributed by atoms with E-state index in [1.165, 1.54) is 18.9 Å². The number of carbonyl (C=O) groups is 2. The smallest absolute Gasteiger partial charge is 0.337 e. The van der Waals surface area contributed by atoms with Crippen LogP contribution in [-0.4, -0.2) is 34.2 Å². The lowest BCUT2D eigenvalue weighted by Gasteiger charge is -2.21. The van der Waals surface area contributed by atoms with Gasteiger partial charge in [0, 0.05) is 6.04 Å². The molecule has 1 heterocycles. The van der Waals surface area contributed by atoms with Gasteiger partial charge < -0.3 is 4.74 Å². The van der Waals surface area contributed by atoms with Gasteiger partial charge in [0.05, 0.1) is 17.6 Å². The summed E-state index contributed by atoms with van der Waals surface area (Å²) < 4.78 is 5.25. The van der Waals surface area contributed by atoms with Gasteiger partial charge in [-0.15, -0.1) is 0 Å². The van der Waals surface area contributed by atoms with Crippen LogP contribution in [-0.2, 0) is 9.53 Å². The van der Waals surface area contributed by atoms with E-state index in [1.807, 2.05) is 13.8 Å². The van der Waals surface area contributed by atoms with Gasteiger partial charge in [-0.25, -0.2) is 4.79 Å². The van der Waals surface area contributed by atoms with E-state index in [9.17, 15) is 9.59 Å². The predicted molar refractivity (Wildman–Crippen MR) is 92.5 cm³/mol. The summed E-state index contributed by atoms with van der Waals surface area (Å²) in [5.74, 6) is -0.434. The zero-order valence-electron chi connectivity index (χ0n) is 12.7. The maximum Gasteiger partial charge on any atom is 0.337 e. The Morgan fingerprint density at radius 2 is 2.05 bits per heavy atom. The molecular weight excluding hydrogens is 318 g/mol. The van der Waals surface area contributed by atoms with Gasteiger partial charge in [0.25, 0.3) is 5.91 Å². The Bertz CT molecular complexity index is 637. The Labute approximate surface area is 139 Å². The average Bonchev–Trinajstić information content (AvgIpc) is 2.80. The molecule has 4 nitrogen and oxygen atoms in total. The maximum atomic E-state index is 12.4. The molecule has 1 saturated heterocycles. The summed E-state index contributed by atoms with van der Waals surface area (Å²) in [6, 6.07) is 7.00. The van der Waals surface area contributed by atoms with Gasteiger partial charge in [0.2, 0.25) is 0 Å². The summed E-state index contributed by atoms with van der Waals surface area (Å²) in [7, 11) is 1.34. The van der Waals surface area contributed by atoms with E-state index >= 15 is 0 Å². The number of ether oxygens (including phenoxy) is 1. The molecule has 1 atom stereocenters. The second kappa shape index (κ2) is 7.07. The first kappa shape index (κ1) is 16.7. The molecule has 1 unspecified atom stereocenters. The second-order valence-electron chi connectivity index (χ2n) is 4.92. The maximum absolute atomic E-state index is 12.4. The van der Waals surface area contributed by atoms with Gasteiger partial charge in [0.1, 0.15) is 4.32 Å². The van der Waals surface area contributed by atoms with Crippen LogP contribution in [0.4, 0.5) is 0 Å². The normalized spacial score (nSPS) is 18.0. The molecule has 2 rings (SSSR count). The molecule has 0 N–H and O–H groups in total. The second-order valence-corrected chi connectivity index (χ2v) is 6.60. The van der Waals surface area contributed by atoms with Gasteiger partial charge in [-0.2, -0.15) is 0 Å². The Morgan fingerprint density at radius 1 is 1.41 bits per heavy atom. The SMILES string of the molecule is CCC(C)N1C(=O)/C(=C/c2ccc(C(=O)OC)cc2)SC1=S. The van der Waals surface area contributed by atoms with Crippen LogP contribution in [0, 0.1) is 0 Å². The molecular formula is C16H17NO3S2. The van der Waals surface area contributed by atoms with Gasteiger partial charge in [-0.05, 0) is 37.1 Å². The van der Waals surface area contributed by atoms with Crippen LogP contribution < -0.4 is 0 Å². The first-order valence-electron chi connectivity index (χ1n) is 6.93. The van der Waals surface area contributed by atoms with Crippen molar-refractivity contribution >= 4 is 46.3 Å². The minimum Gasteiger partial charge on any atom is -0.465 e. The number of carbonyl (C=O) groups excluding carboxylic acids is 2. The zero-order chi connectivity index (χ0) is 16.3. The highest BCUT2D eigenvalue weighted by Gasteiger charge is 2.34. The first-order chi connectivity index (χ1) is 10.5. The Kier molecular flexibility index (Phi) is 5.37. The number of hydrogen-bond acceptors (Lipinski definition) is 5. The minimum atomic E-state index is -0.380. The number of amides is 1. The number of thioether (sulfide) groups is 1. The number of methoxy groups -OCH3 is 1. The van der Waals surface area contributed by atoms with E-state index in [1.54, 1.807) is 35.2 Å². The summed E-state index contributed by atoms with van der Waals surface area (Å²) in [5.41, 5.74) is 1.32. The number of nitrogens with zero attached hydrogens (tertiary/aromatic N) is 1. The van der Waals surface area contributed by atoms with E-state index in [0.717, 1.165) is 12.0 Å². The minimum absolute atomic E-state index is 0.0543. The van der Waals surface area contributed by atoms with Crippen LogP contribution in [0.25, 0.3) is 6.08 Å². The molecule has 1 fully saturated rings. The van der Waals surface area contributed by atoms with Gasteiger partial charge >= 0.3 is 5.97 Å². The monoisotopic (exact) mass is 335 g/mol. The fourth-order valence-electron chi connectivity index (χ4n) is 2.03. The van der Waals surface area contributed by atoms with Crippen LogP contribution >= 0.6 is 24.0 Å². The van der Waals surface area contributed by atoms with Crippen LogP contribution in [0.2, 0.25) is 0 Å². The number of benzene rings is 1. The standard InChI is InChI=1S/C16H17NO3S2/c1-4-10(2)17-14(18)13(22-16(17)21)9-11-5-7-12(8-6-11)15(19)20-3/h5-10H,4H2,1-3H3/b13-9-. The third-order valence-electron chi connectivity index (χ3n) is 3.48. The van der Waals surface area contributed by atoms with Crippen molar-refractivity contribution in [2.45, 2.75) is 26.3 Å². The summed E-state index contributed by atoms with van der Waals surface area (Å²) >= 11 is 6.60. The summed E-state index contributed by atoms with van der Waals surface area (Å²) in [6.07, 6.45) is 2.65. The molecule has 0 aliphatic carbocycles. The fourth-order valence-corrected chi connectivity index (χ4v) is 3.49. The van der Waals surface area contributed by atoms with E-state index < -0.39 is 0 Å². The largest absolute Gasteiger partial charge is 0.465 e. The number of rotatable bonds is 4. The van der Waals surface area contributed by atoms with Crippen LogP contribution in [0.15, 0.2) is 29.2 Å². The van der Waals surface area contributed by atoms with Crippen LogP contribution in [0.3, 0.4) is 0 Å². The van der Waals surface area contributed by atoms with Gasteiger partial charge in [-0.3, -0.25) is 9.69 Å². The molecule has 1 aromatic carbocycles. The molecule has 22 heavy (non-hydrogen) atoms. The molecule has 1 aliphatic rings. The lowest BCUT2D eigenvalue weighted by Crippen LogP contribution is -2.36. The highest BCUT2D eigenvalue weighted by Crippen LogP contribution is 2.34. The topological polar surface area (TPSA) is 46.6 Å². The zero-order valence-corrected chi connectivity index (χ0v) is 14.3. The molecule has 0 spiro atoms. The number of thiocarbonyl (C=S) groups is 1. The van der Waals surface area contributed by atoms with E-state index in [0.29, 0.717) is 14.8 Å². The van der Waals surface area contributed by atoms with Crippen molar-refractivity contribution in [1.82, 2.24) is 4.90 Å². The molecule has 1 aliphatic heterocycles. The summed E-state index contributed by atoms with van der Waals surface area (Å²) in [6.45, 7) is 4.01. The Balaban J connectivity index is 2.21. The van der Waals surface area contributed by atoms with E-state index in [4.69, 9.17) is 12.2 Å². The highest BCUT2D eigenvalue weighted by molar-refractivity contribution is 8.26. The third kappa shape index (κ3) is 3.39. The number of hydrogen-bond donors (Lipinski definition) is 0. The molecule has 0 bridgehead atoms. The van der Waals surface area contributed by atoms with E-state index in [-0.39, 0.29) is 17.9 Å². The van der Waals surface area contributed by atoms with Crippen molar-refractivity contribution in [3.8, 4) is 0 Å². The third-order valence-corrected chi connectivity index (χ3v) is 4.82. The first-order valence-corrected chi connectivity index (χ1v) is 8.15. The molecule has 0 aromatic heterocycles. The Hall–Kier alpha value is -1.66. The Morgan fingerprint density at radius 3 is 2.59 bits per heavy atom. The van der Waals surface area contributed by atoms with Crippen molar-refractivity contribution in [2.24, 2.45) is 0 Å². The summed E-state index contributed by atoms with van der Waals surface area (Å²) in [5, 5.41) is 0. The predicted octanol–water partition coefficient (Wildman–Crippen LogP) is 3.47. The number of esters is 1. The van der Waals surface area contributed by atoms with Crippen LogP contribution in [0.5, 0.6) is 0 Å². The average molecular weight is 335 g/mol. The van der Waals surface area contributed by atoms with Crippen molar-refractivity contribution in [3.63, 3.8) is 0 Å². The lowest BCUT2D eigenvalue weighted by molar-refractivity contribution is -0.123. The van der Waals surface area contributed by atoms with E-state index in [2.05, 4.69) is 4.74 Å². The van der Waals surface area contributed by atoms with Gasteiger partial charge in [0.15, 0.2) is 0 Å². The van der Waals surface area contributed by atoms with Crippen LogP contribution in [0.1, 0.15) is 36.2 Å². The van der Waals surface area contributed by atoms with Crippen molar-refractivity contribution < 1.29 is 14.3 Å². The molecule has 1 amide bonds. The summed E-state index contributed by atoms with van der Waals surface area (Å²) in [4.78, 5) is 26.1. The van der Waals surface area contributed by atoms with Crippen molar-refractivity contribution in [3.05, 3.63) is 40.3 Å². The fraction of sp³-hybridized carbons (Fsp3) is 0.312. The molecule has 1 aromatic rings. The molecule has 0 saturated carbocycles. The molecule has 116 valence electrons. The quantitative estimate of drug-likeness (QED) is 0.479. The molecule has 6 heteroatoms. The lowest BCUT2D eigenvalue weighted by atomic mass is 10.1. The molecule has 0 radical (unpaired) electrons. The van der Waals surface area contributed by atoms with Crippen molar-refractivity contribution in [1.29, 1.82) is 0 Å². The van der Waals surface area contributed by atoms with Gasteiger partial charge in [-0.1, -0.05) is 43.0 Å².